The molecular formula is C27H34N2O3S. The van der Waals surface area contributed by atoms with E-state index in [1.807, 2.05) is 29.3 Å². The standard InChI is InChI=1S/C27H34N2O3S/c1-20(2)33(31,32)18-14-21(3)22-7-10-25(11-8-22)29-17-13-23-19-24(9-12-26(23)29)27(30)28-15-5-4-6-16-28/h7-13,17,19-21H,4-6,14-16,18H2,1-3H3/t21-/m0/s1. The molecule has 1 aliphatic rings. The minimum atomic E-state index is -3.02. The SMILES string of the molecule is CC(C)S(=O)(=O)CC[C@H](C)c1ccc(-n2ccc3cc(C(=O)N4CCCCC4)ccc32)cc1. The van der Waals surface area contributed by atoms with Crippen molar-refractivity contribution >= 4 is 26.6 Å². The number of rotatable bonds is 7. The summed E-state index contributed by atoms with van der Waals surface area (Å²) in [7, 11) is -3.02. The van der Waals surface area contributed by atoms with E-state index in [9.17, 15) is 13.2 Å². The Bertz CT molecular complexity index is 1220. The third-order valence-electron chi connectivity index (χ3n) is 6.87. The van der Waals surface area contributed by atoms with E-state index >= 15 is 0 Å². The lowest BCUT2D eigenvalue weighted by atomic mass is 9.98. The molecule has 1 saturated heterocycles. The summed E-state index contributed by atoms with van der Waals surface area (Å²) in [6.45, 7) is 7.26. The smallest absolute Gasteiger partial charge is 0.253 e. The van der Waals surface area contributed by atoms with Gasteiger partial charge in [-0.05, 0) is 87.4 Å². The molecule has 0 spiro atoms. The average molecular weight is 467 g/mol. The average Bonchev–Trinajstić information content (AvgIpc) is 3.26. The zero-order chi connectivity index (χ0) is 23.6. The summed E-state index contributed by atoms with van der Waals surface area (Å²) in [6, 6.07) is 16.3. The van der Waals surface area contributed by atoms with E-state index in [-0.39, 0.29) is 22.8 Å². The summed E-state index contributed by atoms with van der Waals surface area (Å²) in [5, 5.41) is 0.721. The second kappa shape index (κ2) is 9.72. The minimum Gasteiger partial charge on any atom is -0.339 e. The Kier molecular flexibility index (Phi) is 6.94. The predicted molar refractivity (Wildman–Crippen MR) is 135 cm³/mol. The summed E-state index contributed by atoms with van der Waals surface area (Å²) in [5.74, 6) is 0.522. The van der Waals surface area contributed by atoms with E-state index in [0.717, 1.165) is 53.6 Å². The van der Waals surface area contributed by atoms with E-state index in [0.29, 0.717) is 6.42 Å². The third kappa shape index (κ3) is 5.16. The first-order chi connectivity index (χ1) is 15.8. The highest BCUT2D eigenvalue weighted by Gasteiger charge is 2.20. The normalized spacial score (nSPS) is 15.8. The first kappa shape index (κ1) is 23.6. The molecule has 1 aliphatic heterocycles. The molecule has 0 unspecified atom stereocenters. The van der Waals surface area contributed by atoms with Crippen LogP contribution < -0.4 is 0 Å². The Morgan fingerprint density at radius 3 is 2.30 bits per heavy atom. The van der Waals surface area contributed by atoms with Gasteiger partial charge in [-0.25, -0.2) is 8.42 Å². The Morgan fingerprint density at radius 1 is 0.939 bits per heavy atom. The molecular weight excluding hydrogens is 432 g/mol. The molecule has 0 radical (unpaired) electrons. The van der Waals surface area contributed by atoms with E-state index in [1.54, 1.807) is 13.8 Å². The van der Waals surface area contributed by atoms with Gasteiger partial charge in [0.2, 0.25) is 0 Å². The maximum absolute atomic E-state index is 12.9. The van der Waals surface area contributed by atoms with Crippen LogP contribution in [0.5, 0.6) is 0 Å². The van der Waals surface area contributed by atoms with Gasteiger partial charge in [0.1, 0.15) is 0 Å². The number of amides is 1. The molecule has 1 atom stereocenters. The van der Waals surface area contributed by atoms with Crippen molar-refractivity contribution in [1.29, 1.82) is 0 Å². The molecule has 2 heterocycles. The molecule has 0 saturated carbocycles. The van der Waals surface area contributed by atoms with Crippen LogP contribution in [0.1, 0.15) is 68.3 Å². The summed E-state index contributed by atoms with van der Waals surface area (Å²) in [5.41, 5.74) is 4.01. The third-order valence-corrected chi connectivity index (χ3v) is 9.12. The Hall–Kier alpha value is -2.60. The van der Waals surface area contributed by atoms with Crippen molar-refractivity contribution in [1.82, 2.24) is 9.47 Å². The zero-order valence-electron chi connectivity index (χ0n) is 19.8. The van der Waals surface area contributed by atoms with Crippen LogP contribution in [0.2, 0.25) is 0 Å². The maximum atomic E-state index is 12.9. The summed E-state index contributed by atoms with van der Waals surface area (Å²) < 4.78 is 26.4. The second-order valence-electron chi connectivity index (χ2n) is 9.51. The number of likely N-dealkylation sites (tertiary alicyclic amines) is 1. The van der Waals surface area contributed by atoms with Crippen LogP contribution in [0.3, 0.4) is 0 Å². The fourth-order valence-corrected chi connectivity index (χ4v) is 5.64. The zero-order valence-corrected chi connectivity index (χ0v) is 20.6. The second-order valence-corrected chi connectivity index (χ2v) is 12.2. The van der Waals surface area contributed by atoms with E-state index < -0.39 is 9.84 Å². The van der Waals surface area contributed by atoms with Crippen molar-refractivity contribution in [3.05, 3.63) is 65.9 Å². The van der Waals surface area contributed by atoms with Gasteiger partial charge in [0.05, 0.1) is 16.5 Å². The highest BCUT2D eigenvalue weighted by atomic mass is 32.2. The van der Waals surface area contributed by atoms with Crippen molar-refractivity contribution in [2.45, 2.75) is 57.6 Å². The molecule has 2 aromatic carbocycles. The Labute approximate surface area is 197 Å². The van der Waals surface area contributed by atoms with Gasteiger partial charge < -0.3 is 9.47 Å². The van der Waals surface area contributed by atoms with E-state index in [2.05, 4.69) is 41.8 Å². The summed E-state index contributed by atoms with van der Waals surface area (Å²) in [4.78, 5) is 14.8. The number of carbonyl (C=O) groups excluding carboxylic acids is 1. The number of sulfone groups is 1. The van der Waals surface area contributed by atoms with Gasteiger partial charge in [-0.2, -0.15) is 0 Å². The van der Waals surface area contributed by atoms with Crippen molar-refractivity contribution in [3.8, 4) is 5.69 Å². The van der Waals surface area contributed by atoms with Crippen LogP contribution >= 0.6 is 0 Å². The van der Waals surface area contributed by atoms with E-state index in [4.69, 9.17) is 0 Å². The number of nitrogens with zero attached hydrogens (tertiary/aromatic N) is 2. The van der Waals surface area contributed by atoms with Crippen molar-refractivity contribution in [2.75, 3.05) is 18.8 Å². The molecule has 1 amide bonds. The quantitative estimate of drug-likeness (QED) is 0.457. The van der Waals surface area contributed by atoms with Gasteiger partial charge in [-0.15, -0.1) is 0 Å². The lowest BCUT2D eigenvalue weighted by molar-refractivity contribution is 0.0724. The monoisotopic (exact) mass is 466 g/mol. The number of aromatic nitrogens is 1. The molecule has 176 valence electrons. The first-order valence-corrected chi connectivity index (χ1v) is 13.7. The van der Waals surface area contributed by atoms with Gasteiger partial charge in [-0.1, -0.05) is 19.1 Å². The fraction of sp³-hybridized carbons (Fsp3) is 0.444. The maximum Gasteiger partial charge on any atom is 0.253 e. The largest absolute Gasteiger partial charge is 0.339 e. The predicted octanol–water partition coefficient (Wildman–Crippen LogP) is 5.57. The highest BCUT2D eigenvalue weighted by Crippen LogP contribution is 2.26. The van der Waals surface area contributed by atoms with Crippen LogP contribution in [0, 0.1) is 0 Å². The number of hydrogen-bond acceptors (Lipinski definition) is 3. The molecule has 4 rings (SSSR count). The van der Waals surface area contributed by atoms with Gasteiger partial charge in [0.15, 0.2) is 9.84 Å². The van der Waals surface area contributed by atoms with Crippen molar-refractivity contribution in [3.63, 3.8) is 0 Å². The van der Waals surface area contributed by atoms with E-state index in [1.165, 1.54) is 6.42 Å². The van der Waals surface area contributed by atoms with Gasteiger partial charge in [-0.3, -0.25) is 4.79 Å². The van der Waals surface area contributed by atoms with Crippen molar-refractivity contribution in [2.24, 2.45) is 0 Å². The van der Waals surface area contributed by atoms with Gasteiger partial charge >= 0.3 is 0 Å². The van der Waals surface area contributed by atoms with Crippen molar-refractivity contribution < 1.29 is 13.2 Å². The Morgan fingerprint density at radius 2 is 1.64 bits per heavy atom. The topological polar surface area (TPSA) is 59.4 Å². The summed E-state index contributed by atoms with van der Waals surface area (Å²) >= 11 is 0. The number of hydrogen-bond donors (Lipinski definition) is 0. The molecule has 5 nitrogen and oxygen atoms in total. The fourth-order valence-electron chi connectivity index (χ4n) is 4.49. The molecule has 6 heteroatoms. The van der Waals surface area contributed by atoms with Crippen LogP contribution in [-0.4, -0.2) is 47.9 Å². The number of benzene rings is 2. The molecule has 0 N–H and O–H groups in total. The number of piperidine rings is 1. The molecule has 0 bridgehead atoms. The Balaban J connectivity index is 1.49. The van der Waals surface area contributed by atoms with Gasteiger partial charge in [0.25, 0.3) is 5.91 Å². The molecule has 1 aromatic heterocycles. The van der Waals surface area contributed by atoms with Gasteiger partial charge in [0, 0.05) is 35.9 Å². The molecule has 3 aromatic rings. The number of fused-ring (bicyclic) bond motifs is 1. The molecule has 33 heavy (non-hydrogen) atoms. The minimum absolute atomic E-state index is 0.127. The molecule has 0 aliphatic carbocycles. The summed E-state index contributed by atoms with van der Waals surface area (Å²) in [6.07, 6.45) is 6.05. The lowest BCUT2D eigenvalue weighted by Gasteiger charge is -2.26. The first-order valence-electron chi connectivity index (χ1n) is 12.0. The molecule has 1 fully saturated rings. The van der Waals surface area contributed by atoms with Crippen LogP contribution in [-0.2, 0) is 9.84 Å². The van der Waals surface area contributed by atoms with Crippen LogP contribution in [0.25, 0.3) is 16.6 Å². The van der Waals surface area contributed by atoms with Crippen LogP contribution in [0.4, 0.5) is 0 Å². The van der Waals surface area contributed by atoms with Crippen LogP contribution in [0.15, 0.2) is 54.7 Å². The number of carbonyl (C=O) groups is 1. The highest BCUT2D eigenvalue weighted by molar-refractivity contribution is 7.91. The lowest BCUT2D eigenvalue weighted by Crippen LogP contribution is -2.35.